The fraction of sp³-hybridized carbons (Fsp3) is 0.647. The topological polar surface area (TPSA) is 39.7 Å². The highest BCUT2D eigenvalue weighted by molar-refractivity contribution is 7.10. The van der Waals surface area contributed by atoms with E-state index in [-0.39, 0.29) is 6.03 Å². The van der Waals surface area contributed by atoms with Crippen molar-refractivity contribution >= 4 is 22.6 Å². The van der Waals surface area contributed by atoms with Crippen LogP contribution in [-0.4, -0.2) is 45.1 Å². The third kappa shape index (κ3) is 3.22. The molecule has 1 aromatic heterocycles. The molecule has 1 fully saturated rings. The van der Waals surface area contributed by atoms with Crippen LogP contribution in [0.2, 0.25) is 0 Å². The molecule has 0 aliphatic carbocycles. The van der Waals surface area contributed by atoms with Gasteiger partial charge in [-0.2, -0.15) is 4.37 Å². The lowest BCUT2D eigenvalue weighted by Gasteiger charge is -2.47. The molecule has 0 unspecified atom stereocenters. The van der Waals surface area contributed by atoms with Crippen LogP contribution in [0.5, 0.6) is 0 Å². The van der Waals surface area contributed by atoms with E-state index >= 15 is 0 Å². The molecule has 0 atom stereocenters. The number of aromatic nitrogens is 1. The zero-order chi connectivity index (χ0) is 17.4. The van der Waals surface area contributed by atoms with Gasteiger partial charge >= 0.3 is 6.03 Å². The number of rotatable bonds is 4. The van der Waals surface area contributed by atoms with E-state index in [4.69, 9.17) is 6.42 Å². The smallest absolute Gasteiger partial charge is 0.295 e. The molecule has 2 rings (SSSR count). The average molecular weight is 334 g/mol. The van der Waals surface area contributed by atoms with Crippen LogP contribution < -0.4 is 4.90 Å². The lowest BCUT2D eigenvalue weighted by atomic mass is 10.0. The number of nitrogens with zero attached hydrogens (tertiary/aromatic N) is 4. The summed E-state index contributed by atoms with van der Waals surface area (Å²) >= 11 is 1.40. The first-order valence-corrected chi connectivity index (χ1v) is 8.76. The molecule has 1 aromatic rings. The molecule has 5 nitrogen and oxygen atoms in total. The van der Waals surface area contributed by atoms with Gasteiger partial charge in [-0.15, -0.1) is 6.42 Å². The molecule has 0 spiro atoms. The maximum atomic E-state index is 13.1. The normalized spacial score (nSPS) is 17.0. The Hall–Kier alpha value is -1.58. The van der Waals surface area contributed by atoms with Crippen LogP contribution in [0.1, 0.15) is 45.9 Å². The van der Waals surface area contributed by atoms with Crippen LogP contribution in [0.15, 0.2) is 0 Å². The lowest BCUT2D eigenvalue weighted by molar-refractivity contribution is 0.0609. The number of anilines is 1. The molecule has 0 radical (unpaired) electrons. The summed E-state index contributed by atoms with van der Waals surface area (Å²) in [5.41, 5.74) is 1.52. The summed E-state index contributed by atoms with van der Waals surface area (Å²) in [4.78, 5) is 18.9. The van der Waals surface area contributed by atoms with E-state index in [2.05, 4.69) is 36.0 Å². The minimum Gasteiger partial charge on any atom is -0.295 e. The first kappa shape index (κ1) is 17.8. The van der Waals surface area contributed by atoms with Gasteiger partial charge in [-0.3, -0.25) is 14.7 Å². The molecule has 1 saturated heterocycles. The predicted molar refractivity (Wildman–Crippen MR) is 95.6 cm³/mol. The molecule has 0 N–H and O–H groups in total. The van der Waals surface area contributed by atoms with Gasteiger partial charge in [-0.1, -0.05) is 12.8 Å². The van der Waals surface area contributed by atoms with Gasteiger partial charge in [-0.25, -0.2) is 4.79 Å². The van der Waals surface area contributed by atoms with Crippen molar-refractivity contribution in [3.63, 3.8) is 0 Å². The number of terminal acetylenes is 1. The maximum absolute atomic E-state index is 13.1. The van der Waals surface area contributed by atoms with Gasteiger partial charge in [-0.05, 0) is 52.6 Å². The van der Waals surface area contributed by atoms with Crippen LogP contribution in [0.4, 0.5) is 9.80 Å². The summed E-state index contributed by atoms with van der Waals surface area (Å²) in [5.74, 6) is 2.74. The summed E-state index contributed by atoms with van der Waals surface area (Å²) in [5, 5.41) is 0.926. The van der Waals surface area contributed by atoms with Crippen LogP contribution in [-0.2, 0) is 6.42 Å². The maximum Gasteiger partial charge on any atom is 0.328 e. The van der Waals surface area contributed by atoms with Crippen molar-refractivity contribution in [2.45, 2.75) is 59.5 Å². The van der Waals surface area contributed by atoms with E-state index in [0.717, 1.165) is 22.7 Å². The Morgan fingerprint density at radius 2 is 2.04 bits per heavy atom. The van der Waals surface area contributed by atoms with Gasteiger partial charge < -0.3 is 0 Å². The first-order valence-electron chi connectivity index (χ1n) is 7.99. The molecule has 0 saturated carbocycles. The number of amides is 2. The number of aryl methyl sites for hydroxylation is 1. The minimum atomic E-state index is -0.630. The Morgan fingerprint density at radius 1 is 1.39 bits per heavy atom. The second kappa shape index (κ2) is 6.50. The third-order valence-corrected chi connectivity index (χ3v) is 5.45. The van der Waals surface area contributed by atoms with E-state index < -0.39 is 5.54 Å². The predicted octanol–water partition coefficient (Wildman–Crippen LogP) is 3.29. The monoisotopic (exact) mass is 334 g/mol. The van der Waals surface area contributed by atoms with Gasteiger partial charge in [0.1, 0.15) is 10.5 Å². The van der Waals surface area contributed by atoms with Gasteiger partial charge in [0.25, 0.3) is 0 Å². The Morgan fingerprint density at radius 3 is 2.52 bits per heavy atom. The molecule has 1 aliphatic heterocycles. The van der Waals surface area contributed by atoms with Crippen molar-refractivity contribution in [3.05, 3.63) is 11.3 Å². The van der Waals surface area contributed by atoms with Gasteiger partial charge in [0.05, 0.1) is 19.0 Å². The van der Waals surface area contributed by atoms with Crippen molar-refractivity contribution in [3.8, 4) is 12.3 Å². The Balaban J connectivity index is 2.43. The molecular formula is C17H26N4OS. The van der Waals surface area contributed by atoms with E-state index in [1.807, 2.05) is 25.7 Å². The summed E-state index contributed by atoms with van der Waals surface area (Å²) in [6.07, 6.45) is 6.54. The molecule has 2 amide bonds. The highest BCUT2D eigenvalue weighted by atomic mass is 32.1. The Bertz CT molecular complexity index is 629. The molecule has 2 heterocycles. The fourth-order valence-electron chi connectivity index (χ4n) is 2.59. The number of hydrogen-bond donors (Lipinski definition) is 0. The van der Waals surface area contributed by atoms with Gasteiger partial charge in [0, 0.05) is 11.6 Å². The second-order valence-corrected chi connectivity index (χ2v) is 7.47. The number of carbonyl (C=O) groups is 1. The SMILES string of the molecule is C#CC(C)(C)N1CN(C(C)C)CN(c2snc(CC)c2C)C1=O. The minimum absolute atomic E-state index is 0.0424. The Kier molecular flexibility index (Phi) is 5.02. The zero-order valence-electron chi connectivity index (χ0n) is 14.9. The standard InChI is InChI=1S/C17H26N4OS/c1-8-14-13(5)15(23-18-14)20-10-19(12(3)4)11-21(16(20)22)17(6,7)9-2/h2,12H,8,10-11H2,1,3-7H3. The fourth-order valence-corrected chi connectivity index (χ4v) is 3.54. The summed E-state index contributed by atoms with van der Waals surface area (Å²) < 4.78 is 4.49. The molecule has 23 heavy (non-hydrogen) atoms. The number of hydrogen-bond acceptors (Lipinski definition) is 4. The largest absolute Gasteiger partial charge is 0.328 e. The number of carbonyl (C=O) groups excluding carboxylic acids is 1. The van der Waals surface area contributed by atoms with Crippen LogP contribution >= 0.6 is 11.5 Å². The summed E-state index contributed by atoms with van der Waals surface area (Å²) in [6.45, 7) is 13.3. The van der Waals surface area contributed by atoms with E-state index in [9.17, 15) is 4.79 Å². The third-order valence-electron chi connectivity index (χ3n) is 4.44. The summed E-state index contributed by atoms with van der Waals surface area (Å²) in [7, 11) is 0. The van der Waals surface area contributed by atoms with Crippen molar-refractivity contribution in [2.75, 3.05) is 18.2 Å². The highest BCUT2D eigenvalue weighted by Crippen LogP contribution is 2.33. The van der Waals surface area contributed by atoms with Crippen LogP contribution in [0, 0.1) is 19.3 Å². The second-order valence-electron chi connectivity index (χ2n) is 6.72. The van der Waals surface area contributed by atoms with E-state index in [0.29, 0.717) is 19.4 Å². The number of urea groups is 1. The van der Waals surface area contributed by atoms with E-state index in [1.165, 1.54) is 11.5 Å². The molecule has 6 heteroatoms. The molecule has 1 aliphatic rings. The highest BCUT2D eigenvalue weighted by Gasteiger charge is 2.40. The van der Waals surface area contributed by atoms with Crippen molar-refractivity contribution < 1.29 is 4.79 Å². The van der Waals surface area contributed by atoms with E-state index in [1.54, 1.807) is 4.90 Å². The molecular weight excluding hydrogens is 308 g/mol. The summed E-state index contributed by atoms with van der Waals surface area (Å²) in [6, 6.07) is 0.278. The lowest BCUT2D eigenvalue weighted by Crippen LogP contribution is -2.64. The van der Waals surface area contributed by atoms with Crippen LogP contribution in [0.25, 0.3) is 0 Å². The first-order chi connectivity index (χ1) is 10.7. The van der Waals surface area contributed by atoms with Crippen LogP contribution in [0.3, 0.4) is 0 Å². The van der Waals surface area contributed by atoms with Crippen molar-refractivity contribution in [1.29, 1.82) is 0 Å². The van der Waals surface area contributed by atoms with Gasteiger partial charge in [0.2, 0.25) is 0 Å². The molecule has 0 bridgehead atoms. The molecule has 0 aromatic carbocycles. The van der Waals surface area contributed by atoms with Crippen molar-refractivity contribution in [2.24, 2.45) is 0 Å². The van der Waals surface area contributed by atoms with Crippen molar-refractivity contribution in [1.82, 2.24) is 14.2 Å². The molecule has 126 valence electrons. The zero-order valence-corrected chi connectivity index (χ0v) is 15.7. The van der Waals surface area contributed by atoms with Gasteiger partial charge in [0.15, 0.2) is 0 Å². The quantitative estimate of drug-likeness (QED) is 0.793. The Labute approximate surface area is 143 Å². The average Bonchev–Trinajstić information content (AvgIpc) is 2.87.